The van der Waals surface area contributed by atoms with E-state index in [0.717, 1.165) is 19.6 Å². The first kappa shape index (κ1) is 22.4. The molecule has 3 atom stereocenters. The molecule has 136 valence electrons. The van der Waals surface area contributed by atoms with Crippen molar-refractivity contribution in [1.29, 1.82) is 0 Å². The van der Waals surface area contributed by atoms with Crippen molar-refractivity contribution in [2.45, 2.75) is 32.4 Å². The van der Waals surface area contributed by atoms with Gasteiger partial charge in [-0.3, -0.25) is 9.59 Å². The number of nitrogens with one attached hydrogen (secondary N) is 1. The molecule has 6 nitrogen and oxygen atoms in total. The van der Waals surface area contributed by atoms with Crippen molar-refractivity contribution in [2.24, 2.45) is 5.92 Å². The van der Waals surface area contributed by atoms with E-state index < -0.39 is 0 Å². The summed E-state index contributed by atoms with van der Waals surface area (Å²) in [4.78, 5) is 30.6. The van der Waals surface area contributed by atoms with Gasteiger partial charge in [0.15, 0.2) is 0 Å². The molecule has 2 saturated heterocycles. The predicted octanol–water partition coefficient (Wildman–Crippen LogP) is 0.449. The van der Waals surface area contributed by atoms with Crippen molar-refractivity contribution in [3.05, 3.63) is 0 Å². The van der Waals surface area contributed by atoms with E-state index in [9.17, 15) is 9.59 Å². The van der Waals surface area contributed by atoms with Crippen LogP contribution in [0.4, 0.5) is 0 Å². The Hall–Kier alpha value is -0.560. The summed E-state index contributed by atoms with van der Waals surface area (Å²) in [5.41, 5.74) is 0. The maximum atomic E-state index is 12.7. The van der Waals surface area contributed by atoms with E-state index in [1.807, 2.05) is 23.9 Å². The SMILES string of the molecule is CC1NCCN(C(=O)C2CC(=O)N(CCN(C)C)C2)C1C.Cl.Cl. The lowest BCUT2D eigenvalue weighted by molar-refractivity contribution is -0.139. The molecule has 2 heterocycles. The minimum Gasteiger partial charge on any atom is -0.341 e. The molecule has 2 aliphatic heterocycles. The smallest absolute Gasteiger partial charge is 0.228 e. The van der Waals surface area contributed by atoms with Gasteiger partial charge < -0.3 is 20.0 Å². The number of carbonyl (C=O) groups is 2. The summed E-state index contributed by atoms with van der Waals surface area (Å²) in [5, 5.41) is 3.38. The van der Waals surface area contributed by atoms with Crippen LogP contribution in [0.1, 0.15) is 20.3 Å². The number of hydrogen-bond acceptors (Lipinski definition) is 4. The molecule has 0 saturated carbocycles. The van der Waals surface area contributed by atoms with Gasteiger partial charge in [-0.25, -0.2) is 0 Å². The Kier molecular flexibility index (Phi) is 9.43. The molecule has 2 fully saturated rings. The Morgan fingerprint density at radius 1 is 1.30 bits per heavy atom. The summed E-state index contributed by atoms with van der Waals surface area (Å²) in [7, 11) is 3.99. The highest BCUT2D eigenvalue weighted by atomic mass is 35.5. The highest BCUT2D eigenvalue weighted by molar-refractivity contribution is 5.89. The second-order valence-corrected chi connectivity index (χ2v) is 6.56. The highest BCUT2D eigenvalue weighted by Gasteiger charge is 2.39. The molecule has 3 unspecified atom stereocenters. The molecular formula is C15H30Cl2N4O2. The largest absolute Gasteiger partial charge is 0.341 e. The first-order valence-corrected chi connectivity index (χ1v) is 7.86. The van der Waals surface area contributed by atoms with Crippen molar-refractivity contribution >= 4 is 36.6 Å². The number of nitrogens with zero attached hydrogens (tertiary/aromatic N) is 3. The van der Waals surface area contributed by atoms with Gasteiger partial charge in [-0.15, -0.1) is 24.8 Å². The van der Waals surface area contributed by atoms with Gasteiger partial charge in [-0.2, -0.15) is 0 Å². The standard InChI is InChI=1S/C15H28N4O2.2ClH/c1-11-12(2)19(6-5-16-11)15(21)13-9-14(20)18(10-13)8-7-17(3)4;;/h11-13,16H,5-10H2,1-4H3;2*1H. The lowest BCUT2D eigenvalue weighted by Crippen LogP contribution is -2.58. The zero-order valence-electron chi connectivity index (χ0n) is 14.4. The van der Waals surface area contributed by atoms with Gasteiger partial charge in [0.05, 0.1) is 5.92 Å². The Morgan fingerprint density at radius 2 is 1.96 bits per heavy atom. The van der Waals surface area contributed by atoms with E-state index in [2.05, 4.69) is 24.1 Å². The molecule has 0 aliphatic carbocycles. The van der Waals surface area contributed by atoms with Crippen molar-refractivity contribution in [2.75, 3.05) is 46.8 Å². The number of piperazine rings is 1. The van der Waals surface area contributed by atoms with Crippen LogP contribution in [0.25, 0.3) is 0 Å². The number of amides is 2. The summed E-state index contributed by atoms with van der Waals surface area (Å²) in [6.07, 6.45) is 0.372. The molecule has 2 rings (SSSR count). The van der Waals surface area contributed by atoms with E-state index >= 15 is 0 Å². The summed E-state index contributed by atoms with van der Waals surface area (Å²) in [6.45, 7) is 7.89. The normalized spacial score (nSPS) is 27.7. The summed E-state index contributed by atoms with van der Waals surface area (Å²) in [5.74, 6) is 0.106. The van der Waals surface area contributed by atoms with Gasteiger partial charge in [-0.1, -0.05) is 0 Å². The van der Waals surface area contributed by atoms with Crippen molar-refractivity contribution in [1.82, 2.24) is 20.0 Å². The first-order valence-electron chi connectivity index (χ1n) is 7.86. The lowest BCUT2D eigenvalue weighted by Gasteiger charge is -2.39. The number of likely N-dealkylation sites (N-methyl/N-ethyl adjacent to an activating group) is 1. The van der Waals surface area contributed by atoms with Crippen LogP contribution >= 0.6 is 24.8 Å². The molecule has 2 aliphatic rings. The van der Waals surface area contributed by atoms with E-state index in [4.69, 9.17) is 0 Å². The van der Waals surface area contributed by atoms with Crippen LogP contribution in [0, 0.1) is 5.92 Å². The highest BCUT2D eigenvalue weighted by Crippen LogP contribution is 2.22. The topological polar surface area (TPSA) is 55.9 Å². The number of rotatable bonds is 4. The van der Waals surface area contributed by atoms with Crippen LogP contribution in [0.3, 0.4) is 0 Å². The predicted molar refractivity (Wildman–Crippen MR) is 96.4 cm³/mol. The van der Waals surface area contributed by atoms with Crippen LogP contribution < -0.4 is 5.32 Å². The molecule has 0 bridgehead atoms. The second kappa shape index (κ2) is 9.67. The molecule has 0 aromatic rings. The van der Waals surface area contributed by atoms with Crippen molar-refractivity contribution in [3.63, 3.8) is 0 Å². The fourth-order valence-electron chi connectivity index (χ4n) is 3.08. The minimum atomic E-state index is -0.160. The van der Waals surface area contributed by atoms with Crippen molar-refractivity contribution in [3.8, 4) is 0 Å². The maximum absolute atomic E-state index is 12.7. The van der Waals surface area contributed by atoms with Crippen LogP contribution in [-0.4, -0.2) is 85.4 Å². The van der Waals surface area contributed by atoms with Gasteiger partial charge in [0.1, 0.15) is 0 Å². The minimum absolute atomic E-state index is 0. The average molecular weight is 369 g/mol. The van der Waals surface area contributed by atoms with E-state index in [-0.39, 0.29) is 48.6 Å². The quantitative estimate of drug-likeness (QED) is 0.782. The molecule has 8 heteroatoms. The molecule has 0 aromatic heterocycles. The van der Waals surface area contributed by atoms with Gasteiger partial charge in [-0.05, 0) is 27.9 Å². The molecule has 2 amide bonds. The van der Waals surface area contributed by atoms with Gasteiger partial charge in [0.2, 0.25) is 11.8 Å². The zero-order chi connectivity index (χ0) is 15.6. The van der Waals surface area contributed by atoms with E-state index in [1.165, 1.54) is 0 Å². The summed E-state index contributed by atoms with van der Waals surface area (Å²) >= 11 is 0. The first-order chi connectivity index (χ1) is 9.90. The Balaban J connectivity index is 0.00000242. The molecular weight excluding hydrogens is 339 g/mol. The fraction of sp³-hybridized carbons (Fsp3) is 0.867. The lowest BCUT2D eigenvalue weighted by atomic mass is 10.0. The third-order valence-corrected chi connectivity index (χ3v) is 4.70. The monoisotopic (exact) mass is 368 g/mol. The van der Waals surface area contributed by atoms with Crippen LogP contribution in [-0.2, 0) is 9.59 Å². The molecule has 23 heavy (non-hydrogen) atoms. The molecule has 1 N–H and O–H groups in total. The Labute approximate surface area is 151 Å². The average Bonchev–Trinajstić information content (AvgIpc) is 2.80. The number of halogens is 2. The third-order valence-electron chi connectivity index (χ3n) is 4.70. The summed E-state index contributed by atoms with van der Waals surface area (Å²) < 4.78 is 0. The maximum Gasteiger partial charge on any atom is 0.228 e. The van der Waals surface area contributed by atoms with Gasteiger partial charge in [0, 0.05) is 51.2 Å². The summed E-state index contributed by atoms with van der Waals surface area (Å²) in [6, 6.07) is 0.502. The van der Waals surface area contributed by atoms with Gasteiger partial charge >= 0.3 is 0 Å². The molecule has 0 radical (unpaired) electrons. The third kappa shape index (κ3) is 5.48. The molecule has 0 aromatic carbocycles. The van der Waals surface area contributed by atoms with E-state index in [0.29, 0.717) is 25.6 Å². The Morgan fingerprint density at radius 3 is 2.57 bits per heavy atom. The number of hydrogen-bond donors (Lipinski definition) is 1. The second-order valence-electron chi connectivity index (χ2n) is 6.56. The van der Waals surface area contributed by atoms with E-state index in [1.54, 1.807) is 0 Å². The number of likely N-dealkylation sites (tertiary alicyclic amines) is 1. The fourth-order valence-corrected chi connectivity index (χ4v) is 3.08. The Bertz CT molecular complexity index is 409. The van der Waals surface area contributed by atoms with Crippen molar-refractivity contribution < 1.29 is 9.59 Å². The van der Waals surface area contributed by atoms with Crippen LogP contribution in [0.5, 0.6) is 0 Å². The zero-order valence-corrected chi connectivity index (χ0v) is 16.1. The van der Waals surface area contributed by atoms with Gasteiger partial charge in [0.25, 0.3) is 0 Å². The number of carbonyl (C=O) groups excluding carboxylic acids is 2. The molecule has 0 spiro atoms. The van der Waals surface area contributed by atoms with Crippen LogP contribution in [0.2, 0.25) is 0 Å². The van der Waals surface area contributed by atoms with Crippen LogP contribution in [0.15, 0.2) is 0 Å².